The molecule has 35 heavy (non-hydrogen) atoms. The summed E-state index contributed by atoms with van der Waals surface area (Å²) in [6.07, 6.45) is 4.80. The van der Waals surface area contributed by atoms with Crippen LogP contribution in [0.3, 0.4) is 0 Å². The van der Waals surface area contributed by atoms with E-state index in [1.54, 1.807) is 6.07 Å². The molecule has 6 rings (SSSR count). The number of rotatable bonds is 7. The van der Waals surface area contributed by atoms with Gasteiger partial charge in [0, 0.05) is 37.1 Å². The van der Waals surface area contributed by atoms with Crippen LogP contribution in [0.25, 0.3) is 10.9 Å². The van der Waals surface area contributed by atoms with Gasteiger partial charge in [-0.1, -0.05) is 18.2 Å². The van der Waals surface area contributed by atoms with Crippen molar-refractivity contribution < 1.29 is 9.47 Å². The predicted molar refractivity (Wildman–Crippen MR) is 139 cm³/mol. The minimum absolute atomic E-state index is 0.124. The van der Waals surface area contributed by atoms with E-state index in [0.717, 1.165) is 68.1 Å². The second kappa shape index (κ2) is 9.67. The molecule has 1 saturated carbocycles. The molecule has 0 radical (unpaired) electrons. The Labute approximate surface area is 206 Å². The van der Waals surface area contributed by atoms with Gasteiger partial charge in [-0.15, -0.1) is 0 Å². The van der Waals surface area contributed by atoms with Crippen LogP contribution in [0.2, 0.25) is 0 Å². The third-order valence-corrected chi connectivity index (χ3v) is 7.82. The Morgan fingerprint density at radius 2 is 1.71 bits per heavy atom. The van der Waals surface area contributed by atoms with Crippen LogP contribution < -0.4 is 20.3 Å². The first-order valence-corrected chi connectivity index (χ1v) is 13.1. The highest BCUT2D eigenvalue weighted by Crippen LogP contribution is 2.41. The molecular formula is C29H35N3O3. The largest absolute Gasteiger partial charge is 0.486 e. The number of aryl methyl sites for hydroxylation is 1. The smallest absolute Gasteiger partial charge is 0.251 e. The van der Waals surface area contributed by atoms with Gasteiger partial charge in [-0.3, -0.25) is 4.79 Å². The molecule has 2 fully saturated rings. The number of hydrogen-bond acceptors (Lipinski definition) is 5. The number of piperidine rings is 1. The predicted octanol–water partition coefficient (Wildman–Crippen LogP) is 4.21. The summed E-state index contributed by atoms with van der Waals surface area (Å²) in [5, 5.41) is 4.93. The Kier molecular flexibility index (Phi) is 6.25. The van der Waals surface area contributed by atoms with Crippen molar-refractivity contribution in [2.24, 2.45) is 0 Å². The quantitative estimate of drug-likeness (QED) is 0.557. The number of nitrogens with one attached hydrogen (secondary N) is 1. The Bertz CT molecular complexity index is 1270. The minimum atomic E-state index is 0.124. The highest BCUT2D eigenvalue weighted by molar-refractivity contribution is 5.83. The second-order valence-electron chi connectivity index (χ2n) is 10.3. The summed E-state index contributed by atoms with van der Waals surface area (Å²) in [6.45, 7) is 7.92. The van der Waals surface area contributed by atoms with Crippen LogP contribution in [-0.4, -0.2) is 48.4 Å². The number of aromatic nitrogens is 1. The minimum Gasteiger partial charge on any atom is -0.486 e. The van der Waals surface area contributed by atoms with E-state index in [2.05, 4.69) is 40.5 Å². The van der Waals surface area contributed by atoms with Crippen molar-refractivity contribution in [1.82, 2.24) is 14.8 Å². The summed E-state index contributed by atoms with van der Waals surface area (Å²) in [5.74, 6) is 2.39. The maximum atomic E-state index is 12.9. The normalized spacial score (nSPS) is 18.8. The van der Waals surface area contributed by atoms with E-state index in [4.69, 9.17) is 9.47 Å². The van der Waals surface area contributed by atoms with Gasteiger partial charge >= 0.3 is 0 Å². The van der Waals surface area contributed by atoms with Crippen LogP contribution in [0.5, 0.6) is 11.5 Å². The first kappa shape index (κ1) is 22.6. The number of fused-ring (bicyclic) bond motifs is 2. The molecule has 0 bridgehead atoms. The van der Waals surface area contributed by atoms with E-state index in [1.165, 1.54) is 29.4 Å². The molecule has 184 valence electrons. The summed E-state index contributed by atoms with van der Waals surface area (Å²) in [6, 6.07) is 15.3. The van der Waals surface area contributed by atoms with E-state index in [9.17, 15) is 4.79 Å². The van der Waals surface area contributed by atoms with Gasteiger partial charge in [0.2, 0.25) is 0 Å². The summed E-state index contributed by atoms with van der Waals surface area (Å²) < 4.78 is 13.3. The molecule has 3 aliphatic rings. The first-order valence-electron chi connectivity index (χ1n) is 13.1. The summed E-state index contributed by atoms with van der Waals surface area (Å²) in [5.41, 5.74) is 4.93. The Hall–Kier alpha value is -2.83. The fourth-order valence-electron chi connectivity index (χ4n) is 5.53. The monoisotopic (exact) mass is 473 g/mol. The number of ether oxygens (including phenoxy) is 2. The van der Waals surface area contributed by atoms with Crippen LogP contribution >= 0.6 is 0 Å². The van der Waals surface area contributed by atoms with Crippen LogP contribution in [0.4, 0.5) is 0 Å². The summed E-state index contributed by atoms with van der Waals surface area (Å²) in [4.78, 5) is 15.4. The number of nitrogens with zero attached hydrogens (tertiary/aromatic N) is 2. The molecule has 0 amide bonds. The first-order chi connectivity index (χ1) is 17.1. The topological polar surface area (TPSA) is 55.7 Å². The number of benzene rings is 2. The van der Waals surface area contributed by atoms with Gasteiger partial charge in [0.25, 0.3) is 5.56 Å². The Morgan fingerprint density at radius 1 is 0.914 bits per heavy atom. The van der Waals surface area contributed by atoms with Gasteiger partial charge in [-0.25, -0.2) is 0 Å². The Morgan fingerprint density at radius 3 is 2.51 bits per heavy atom. The van der Waals surface area contributed by atoms with E-state index in [0.29, 0.717) is 25.2 Å². The highest BCUT2D eigenvalue weighted by atomic mass is 16.6. The van der Waals surface area contributed by atoms with Crippen molar-refractivity contribution in [1.29, 1.82) is 0 Å². The molecule has 0 spiro atoms. The van der Waals surface area contributed by atoms with Crippen molar-refractivity contribution in [2.45, 2.75) is 57.7 Å². The molecule has 0 unspecified atom stereocenters. The van der Waals surface area contributed by atoms with Gasteiger partial charge in [0.05, 0.1) is 5.52 Å². The average Bonchev–Trinajstić information content (AvgIpc) is 3.73. The molecule has 1 aromatic heterocycles. The van der Waals surface area contributed by atoms with Gasteiger partial charge in [-0.05, 0) is 86.5 Å². The fourth-order valence-corrected chi connectivity index (χ4v) is 5.53. The molecule has 0 atom stereocenters. The van der Waals surface area contributed by atoms with Crippen LogP contribution in [-0.2, 0) is 13.1 Å². The van der Waals surface area contributed by atoms with Crippen LogP contribution in [0, 0.1) is 6.92 Å². The molecule has 3 aromatic rings. The zero-order valence-electron chi connectivity index (χ0n) is 20.6. The van der Waals surface area contributed by atoms with Crippen molar-refractivity contribution in [3.63, 3.8) is 0 Å². The lowest BCUT2D eigenvalue weighted by Crippen LogP contribution is -2.43. The molecule has 1 saturated heterocycles. The van der Waals surface area contributed by atoms with Gasteiger partial charge in [-0.2, -0.15) is 0 Å². The molecule has 1 N–H and O–H groups in total. The van der Waals surface area contributed by atoms with Crippen LogP contribution in [0.15, 0.2) is 47.3 Å². The van der Waals surface area contributed by atoms with Gasteiger partial charge < -0.3 is 24.3 Å². The Balaban J connectivity index is 1.04. The molecule has 2 aromatic carbocycles. The lowest BCUT2D eigenvalue weighted by molar-refractivity contribution is 0.171. The van der Waals surface area contributed by atoms with E-state index in [1.807, 2.05) is 17.6 Å². The molecule has 3 heterocycles. The highest BCUT2D eigenvalue weighted by Gasteiger charge is 2.24. The molecular weight excluding hydrogens is 438 g/mol. The number of likely N-dealkylation sites (tertiary alicyclic amines) is 1. The van der Waals surface area contributed by atoms with Crippen molar-refractivity contribution in [2.75, 3.05) is 32.8 Å². The van der Waals surface area contributed by atoms with Crippen LogP contribution in [0.1, 0.15) is 48.3 Å². The maximum Gasteiger partial charge on any atom is 0.251 e. The van der Waals surface area contributed by atoms with Crippen molar-refractivity contribution in [3.8, 4) is 11.5 Å². The fraction of sp³-hybridized carbons (Fsp3) is 0.483. The zero-order valence-corrected chi connectivity index (χ0v) is 20.6. The molecule has 1 aliphatic carbocycles. The van der Waals surface area contributed by atoms with Gasteiger partial charge in [0.15, 0.2) is 11.5 Å². The van der Waals surface area contributed by atoms with E-state index >= 15 is 0 Å². The lowest BCUT2D eigenvalue weighted by atomic mass is 10.0. The zero-order chi connectivity index (χ0) is 23.8. The second-order valence-corrected chi connectivity index (χ2v) is 10.3. The average molecular weight is 474 g/mol. The number of hydrogen-bond donors (Lipinski definition) is 1. The molecule has 6 heteroatoms. The molecule has 2 aliphatic heterocycles. The van der Waals surface area contributed by atoms with Crippen molar-refractivity contribution in [3.05, 3.63) is 69.5 Å². The van der Waals surface area contributed by atoms with Crippen molar-refractivity contribution >= 4 is 10.9 Å². The summed E-state index contributed by atoms with van der Waals surface area (Å²) >= 11 is 0. The summed E-state index contributed by atoms with van der Waals surface area (Å²) in [7, 11) is 0. The van der Waals surface area contributed by atoms with E-state index in [-0.39, 0.29) is 5.56 Å². The van der Waals surface area contributed by atoms with E-state index < -0.39 is 0 Å². The number of pyridine rings is 1. The third-order valence-electron chi connectivity index (χ3n) is 7.82. The third kappa shape index (κ3) is 4.95. The SMILES string of the molecule is Cc1cc(=O)n(CCN2CCC(NCc3ccc4c(c3)OCCO4)CC2)c2cc(C3CC3)ccc12. The molecule has 6 nitrogen and oxygen atoms in total. The maximum absolute atomic E-state index is 12.9. The van der Waals surface area contributed by atoms with Gasteiger partial charge in [0.1, 0.15) is 13.2 Å². The standard InChI is InChI=1S/C29H35N3O3/c1-20-16-29(33)32(26-18-23(22-3-4-22)5-6-25(20)26)13-12-31-10-8-24(9-11-31)30-19-21-2-7-27-28(17-21)35-15-14-34-27/h2,5-7,16-18,22,24,30H,3-4,8-15,19H2,1H3. The lowest BCUT2D eigenvalue weighted by Gasteiger charge is -2.32.